The molecule has 0 spiro atoms. The summed E-state index contributed by atoms with van der Waals surface area (Å²) in [6.07, 6.45) is 0. The van der Waals surface area contributed by atoms with Crippen molar-refractivity contribution in [1.29, 1.82) is 0 Å². The van der Waals surface area contributed by atoms with Gasteiger partial charge in [0.15, 0.2) is 0 Å². The van der Waals surface area contributed by atoms with Crippen molar-refractivity contribution < 1.29 is 0 Å². The van der Waals surface area contributed by atoms with Crippen LogP contribution in [0.2, 0.25) is 0 Å². The third-order valence-corrected chi connectivity index (χ3v) is 11.0. The fraction of sp³-hybridized carbons (Fsp3) is 0. The molecule has 2 heterocycles. The average Bonchev–Trinajstić information content (AvgIpc) is 3.66. The Hall–Kier alpha value is -7.36. The molecule has 256 valence electrons. The number of aromatic nitrogens is 3. The van der Waals surface area contributed by atoms with E-state index < -0.39 is 0 Å². The summed E-state index contributed by atoms with van der Waals surface area (Å²) < 4.78 is 2.26. The zero-order valence-electron chi connectivity index (χ0n) is 29.9. The molecule has 0 aliphatic carbocycles. The van der Waals surface area contributed by atoms with E-state index in [1.54, 1.807) is 0 Å². The van der Waals surface area contributed by atoms with Gasteiger partial charge in [0.2, 0.25) is 0 Å². The van der Waals surface area contributed by atoms with Crippen LogP contribution in [0.25, 0.3) is 105 Å². The lowest BCUT2D eigenvalue weighted by Gasteiger charge is -2.18. The Morgan fingerprint density at radius 2 is 0.909 bits per heavy atom. The zero-order valence-corrected chi connectivity index (χ0v) is 29.9. The predicted octanol–water partition coefficient (Wildman–Crippen LogP) is 13.7. The van der Waals surface area contributed by atoms with Gasteiger partial charge in [0, 0.05) is 27.6 Å². The van der Waals surface area contributed by atoms with Crippen molar-refractivity contribution >= 4 is 54.3 Å². The Bertz CT molecular complexity index is 3240. The van der Waals surface area contributed by atoms with Gasteiger partial charge in [-0.1, -0.05) is 164 Å². The van der Waals surface area contributed by atoms with E-state index in [1.807, 2.05) is 12.1 Å². The van der Waals surface area contributed by atoms with E-state index in [9.17, 15) is 0 Å². The third kappa shape index (κ3) is 5.13. The molecule has 0 N–H and O–H groups in total. The fourth-order valence-electron chi connectivity index (χ4n) is 8.42. The van der Waals surface area contributed by atoms with Gasteiger partial charge in [-0.25, -0.2) is 9.97 Å². The lowest BCUT2D eigenvalue weighted by molar-refractivity contribution is 1.10. The van der Waals surface area contributed by atoms with Gasteiger partial charge in [0.05, 0.1) is 22.2 Å². The Kier molecular flexibility index (Phi) is 7.17. The highest BCUT2D eigenvalue weighted by atomic mass is 15.1. The summed E-state index contributed by atoms with van der Waals surface area (Å²) in [5.74, 6) is 0.921. The van der Waals surface area contributed by atoms with E-state index >= 15 is 0 Å². The van der Waals surface area contributed by atoms with Crippen molar-refractivity contribution in [1.82, 2.24) is 14.5 Å². The average molecular weight is 700 g/mol. The van der Waals surface area contributed by atoms with Gasteiger partial charge in [-0.3, -0.25) is 4.57 Å². The lowest BCUT2D eigenvalue weighted by atomic mass is 9.88. The van der Waals surface area contributed by atoms with Crippen LogP contribution in [-0.2, 0) is 0 Å². The minimum absolute atomic E-state index is 0.921. The van der Waals surface area contributed by atoms with Crippen LogP contribution in [0, 0.1) is 0 Å². The number of pyridine rings is 1. The summed E-state index contributed by atoms with van der Waals surface area (Å²) in [5.41, 5.74) is 12.0. The molecule has 11 rings (SSSR count). The Morgan fingerprint density at radius 3 is 1.62 bits per heavy atom. The van der Waals surface area contributed by atoms with Crippen molar-refractivity contribution in [2.45, 2.75) is 0 Å². The Balaban J connectivity index is 1.16. The van der Waals surface area contributed by atoms with Crippen molar-refractivity contribution in [2.75, 3.05) is 0 Å². The highest BCUT2D eigenvalue weighted by Crippen LogP contribution is 2.43. The number of imidazole rings is 1. The van der Waals surface area contributed by atoms with Crippen LogP contribution in [0.4, 0.5) is 0 Å². The highest BCUT2D eigenvalue weighted by molar-refractivity contribution is 6.19. The molecular formula is C52H33N3. The molecule has 3 heteroatoms. The summed E-state index contributed by atoms with van der Waals surface area (Å²) in [5, 5.41) is 8.38. The van der Waals surface area contributed by atoms with E-state index in [-0.39, 0.29) is 0 Å². The summed E-state index contributed by atoms with van der Waals surface area (Å²) in [7, 11) is 0. The van der Waals surface area contributed by atoms with Gasteiger partial charge in [-0.2, -0.15) is 0 Å². The van der Waals surface area contributed by atoms with Crippen LogP contribution in [0.15, 0.2) is 200 Å². The first kappa shape index (κ1) is 31.2. The second-order valence-electron chi connectivity index (χ2n) is 14.1. The van der Waals surface area contributed by atoms with Crippen LogP contribution in [0.5, 0.6) is 0 Å². The lowest BCUT2D eigenvalue weighted by Crippen LogP contribution is -1.98. The molecule has 11 aromatic rings. The summed E-state index contributed by atoms with van der Waals surface area (Å²) in [4.78, 5) is 10.6. The first-order chi connectivity index (χ1) is 27.3. The molecule has 3 nitrogen and oxygen atoms in total. The van der Waals surface area contributed by atoms with Crippen LogP contribution in [0.3, 0.4) is 0 Å². The standard InChI is InChI=1S/C52H33N3/c1-2-16-37(17-3-1)52-54-48-26-10-11-27-50(48)55(52)38-30-28-36(29-31-38)49-33-46(42-25-13-19-35-15-5-7-21-40(35)42)47-32-45(43-22-8-9-23-44(43)51(47)53-49)41-24-12-18-34-14-4-6-20-39(34)41/h1-33H. The number of hydrogen-bond acceptors (Lipinski definition) is 2. The number of rotatable bonds is 5. The molecule has 0 saturated heterocycles. The minimum Gasteiger partial charge on any atom is -0.292 e. The molecule has 0 fully saturated rings. The zero-order chi connectivity index (χ0) is 36.3. The molecule has 0 aliphatic rings. The summed E-state index contributed by atoms with van der Waals surface area (Å²) >= 11 is 0. The van der Waals surface area contributed by atoms with Crippen molar-refractivity contribution in [2.24, 2.45) is 0 Å². The van der Waals surface area contributed by atoms with Crippen LogP contribution >= 0.6 is 0 Å². The van der Waals surface area contributed by atoms with E-state index in [0.29, 0.717) is 0 Å². The van der Waals surface area contributed by atoms with Crippen molar-refractivity contribution in [3.8, 4) is 50.6 Å². The van der Waals surface area contributed by atoms with Crippen LogP contribution in [-0.4, -0.2) is 14.5 Å². The number of para-hydroxylation sites is 2. The molecule has 0 atom stereocenters. The summed E-state index contributed by atoms with van der Waals surface area (Å²) in [6, 6.07) is 71.6. The van der Waals surface area contributed by atoms with E-state index in [0.717, 1.165) is 55.7 Å². The SMILES string of the molecule is c1ccc(-c2nc3ccccc3n2-c2ccc(-c3cc(-c4cccc5ccccc45)c4cc(-c5cccc6ccccc56)c5ccccc5c4n3)cc2)cc1. The van der Waals surface area contributed by atoms with Gasteiger partial charge in [-0.15, -0.1) is 0 Å². The van der Waals surface area contributed by atoms with Gasteiger partial charge in [0.25, 0.3) is 0 Å². The van der Waals surface area contributed by atoms with Crippen LogP contribution < -0.4 is 0 Å². The second-order valence-corrected chi connectivity index (χ2v) is 14.1. The Morgan fingerprint density at radius 1 is 0.345 bits per heavy atom. The molecule has 0 unspecified atom stereocenters. The van der Waals surface area contributed by atoms with Gasteiger partial charge < -0.3 is 0 Å². The molecule has 0 saturated carbocycles. The summed E-state index contributed by atoms with van der Waals surface area (Å²) in [6.45, 7) is 0. The molecule has 0 amide bonds. The van der Waals surface area contributed by atoms with E-state index in [1.165, 1.54) is 49.2 Å². The normalized spacial score (nSPS) is 11.6. The number of benzene rings is 9. The topological polar surface area (TPSA) is 30.7 Å². The van der Waals surface area contributed by atoms with Gasteiger partial charge in [0.1, 0.15) is 5.82 Å². The number of fused-ring (bicyclic) bond motifs is 6. The third-order valence-electron chi connectivity index (χ3n) is 11.0. The molecule has 55 heavy (non-hydrogen) atoms. The number of hydrogen-bond donors (Lipinski definition) is 0. The molecule has 2 aromatic heterocycles. The maximum Gasteiger partial charge on any atom is 0.145 e. The number of nitrogens with zero attached hydrogens (tertiary/aromatic N) is 3. The smallest absolute Gasteiger partial charge is 0.145 e. The van der Waals surface area contributed by atoms with E-state index in [2.05, 4.69) is 193 Å². The van der Waals surface area contributed by atoms with E-state index in [4.69, 9.17) is 9.97 Å². The molecule has 9 aromatic carbocycles. The van der Waals surface area contributed by atoms with Gasteiger partial charge >= 0.3 is 0 Å². The predicted molar refractivity (Wildman–Crippen MR) is 231 cm³/mol. The monoisotopic (exact) mass is 699 g/mol. The Labute approximate surface area is 318 Å². The first-order valence-electron chi connectivity index (χ1n) is 18.7. The second kappa shape index (κ2) is 12.6. The first-order valence-corrected chi connectivity index (χ1v) is 18.7. The van der Waals surface area contributed by atoms with Crippen molar-refractivity contribution in [3.63, 3.8) is 0 Å². The molecule has 0 radical (unpaired) electrons. The van der Waals surface area contributed by atoms with Gasteiger partial charge in [-0.05, 0) is 85.6 Å². The fourth-order valence-corrected chi connectivity index (χ4v) is 8.42. The van der Waals surface area contributed by atoms with Crippen molar-refractivity contribution in [3.05, 3.63) is 200 Å². The highest BCUT2D eigenvalue weighted by Gasteiger charge is 2.19. The maximum atomic E-state index is 5.53. The quantitative estimate of drug-likeness (QED) is 0.167. The largest absolute Gasteiger partial charge is 0.292 e. The molecular weight excluding hydrogens is 667 g/mol. The minimum atomic E-state index is 0.921. The van der Waals surface area contributed by atoms with Crippen LogP contribution in [0.1, 0.15) is 0 Å². The maximum absolute atomic E-state index is 5.53. The molecule has 0 bridgehead atoms. The molecule has 0 aliphatic heterocycles.